The van der Waals surface area contributed by atoms with Gasteiger partial charge in [-0.2, -0.15) is 0 Å². The molecule has 0 aromatic heterocycles. The molecule has 20 heavy (non-hydrogen) atoms. The van der Waals surface area contributed by atoms with Gasteiger partial charge in [-0.15, -0.1) is 0 Å². The standard InChI is InChI=1S/C13H8BrClF2N2O/c14-8-5-7(16)6-9(15)12(8)19-13(20)18-11-4-2-1-3-10(11)17/h1-6H,(H2,18,19,20). The highest BCUT2D eigenvalue weighted by Crippen LogP contribution is 2.31. The Kier molecular flexibility index (Phi) is 4.57. The van der Waals surface area contributed by atoms with Gasteiger partial charge in [-0.1, -0.05) is 23.7 Å². The van der Waals surface area contributed by atoms with E-state index in [2.05, 4.69) is 26.6 Å². The van der Waals surface area contributed by atoms with Crippen molar-refractivity contribution >= 4 is 44.9 Å². The number of nitrogens with one attached hydrogen (secondary N) is 2. The number of carbonyl (C=O) groups is 1. The van der Waals surface area contributed by atoms with Crippen LogP contribution in [0.3, 0.4) is 0 Å². The molecule has 0 saturated carbocycles. The molecular weight excluding hydrogens is 354 g/mol. The van der Waals surface area contributed by atoms with Crippen molar-refractivity contribution in [2.24, 2.45) is 0 Å². The molecule has 0 saturated heterocycles. The van der Waals surface area contributed by atoms with E-state index in [9.17, 15) is 13.6 Å². The molecular formula is C13H8BrClF2N2O. The molecule has 104 valence electrons. The molecule has 0 atom stereocenters. The van der Waals surface area contributed by atoms with Crippen molar-refractivity contribution in [3.8, 4) is 0 Å². The van der Waals surface area contributed by atoms with Crippen LogP contribution in [0.1, 0.15) is 0 Å². The van der Waals surface area contributed by atoms with Gasteiger partial charge in [0.1, 0.15) is 11.6 Å². The van der Waals surface area contributed by atoms with E-state index in [0.29, 0.717) is 0 Å². The van der Waals surface area contributed by atoms with E-state index < -0.39 is 17.7 Å². The normalized spacial score (nSPS) is 10.2. The zero-order chi connectivity index (χ0) is 14.7. The van der Waals surface area contributed by atoms with Gasteiger partial charge in [-0.3, -0.25) is 0 Å². The third-order valence-corrected chi connectivity index (χ3v) is 3.29. The van der Waals surface area contributed by atoms with Gasteiger partial charge < -0.3 is 10.6 Å². The molecule has 2 aromatic rings. The third-order valence-electron chi connectivity index (χ3n) is 2.37. The Morgan fingerprint density at radius 3 is 2.50 bits per heavy atom. The second-order valence-corrected chi connectivity index (χ2v) is 5.06. The second kappa shape index (κ2) is 6.19. The van der Waals surface area contributed by atoms with E-state index in [4.69, 9.17) is 11.6 Å². The molecule has 0 radical (unpaired) electrons. The highest BCUT2D eigenvalue weighted by molar-refractivity contribution is 9.10. The molecule has 0 heterocycles. The lowest BCUT2D eigenvalue weighted by Gasteiger charge is -2.11. The molecule has 7 heteroatoms. The van der Waals surface area contributed by atoms with Crippen molar-refractivity contribution < 1.29 is 13.6 Å². The summed E-state index contributed by atoms with van der Waals surface area (Å²) >= 11 is 8.91. The summed E-state index contributed by atoms with van der Waals surface area (Å²) in [4.78, 5) is 11.8. The monoisotopic (exact) mass is 360 g/mol. The number of amides is 2. The largest absolute Gasteiger partial charge is 0.323 e. The molecule has 0 fully saturated rings. The van der Waals surface area contributed by atoms with Crippen molar-refractivity contribution in [3.63, 3.8) is 0 Å². The van der Waals surface area contributed by atoms with Crippen molar-refractivity contribution in [1.82, 2.24) is 0 Å². The van der Waals surface area contributed by atoms with Crippen molar-refractivity contribution in [1.29, 1.82) is 0 Å². The summed E-state index contributed by atoms with van der Waals surface area (Å²) in [7, 11) is 0. The number of hydrogen-bond donors (Lipinski definition) is 2. The minimum atomic E-state index is -0.690. The molecule has 0 aliphatic rings. The highest BCUT2D eigenvalue weighted by Gasteiger charge is 2.12. The Labute approximate surface area is 127 Å². The Hall–Kier alpha value is -1.66. The Morgan fingerprint density at radius 2 is 1.85 bits per heavy atom. The number of urea groups is 1. The SMILES string of the molecule is O=C(Nc1ccccc1F)Nc1c(Cl)cc(F)cc1Br. The van der Waals surface area contributed by atoms with Gasteiger partial charge in [-0.05, 0) is 40.2 Å². The van der Waals surface area contributed by atoms with Crippen LogP contribution in [-0.4, -0.2) is 6.03 Å². The van der Waals surface area contributed by atoms with Gasteiger partial charge >= 0.3 is 6.03 Å². The van der Waals surface area contributed by atoms with Crippen LogP contribution >= 0.6 is 27.5 Å². The molecule has 0 aliphatic carbocycles. The van der Waals surface area contributed by atoms with Gasteiger partial charge in [-0.25, -0.2) is 13.6 Å². The van der Waals surface area contributed by atoms with Crippen LogP contribution in [0.15, 0.2) is 40.9 Å². The summed E-state index contributed by atoms with van der Waals surface area (Å²) < 4.78 is 26.7. The summed E-state index contributed by atoms with van der Waals surface area (Å²) in [6.45, 7) is 0. The fourth-order valence-corrected chi connectivity index (χ4v) is 2.39. The van der Waals surface area contributed by atoms with E-state index in [-0.39, 0.29) is 20.9 Å². The van der Waals surface area contributed by atoms with E-state index in [1.54, 1.807) is 6.07 Å². The molecule has 0 bridgehead atoms. The number of carbonyl (C=O) groups excluding carboxylic acids is 1. The van der Waals surface area contributed by atoms with Crippen LogP contribution in [0.4, 0.5) is 25.0 Å². The fraction of sp³-hybridized carbons (Fsp3) is 0. The number of hydrogen-bond acceptors (Lipinski definition) is 1. The quantitative estimate of drug-likeness (QED) is 0.774. The number of halogens is 4. The van der Waals surface area contributed by atoms with E-state index in [1.165, 1.54) is 18.2 Å². The summed E-state index contributed by atoms with van der Waals surface area (Å²) in [5, 5.41) is 4.78. The number of rotatable bonds is 2. The lowest BCUT2D eigenvalue weighted by atomic mass is 10.3. The van der Waals surface area contributed by atoms with E-state index in [1.807, 2.05) is 0 Å². The molecule has 3 nitrogen and oxygen atoms in total. The maximum absolute atomic E-state index is 13.4. The van der Waals surface area contributed by atoms with E-state index >= 15 is 0 Å². The van der Waals surface area contributed by atoms with E-state index in [0.717, 1.165) is 12.1 Å². The van der Waals surface area contributed by atoms with Crippen LogP contribution in [-0.2, 0) is 0 Å². The Bertz CT molecular complexity index is 644. The molecule has 0 unspecified atom stereocenters. The zero-order valence-corrected chi connectivity index (χ0v) is 12.2. The van der Waals surface area contributed by atoms with Crippen LogP contribution < -0.4 is 10.6 Å². The van der Waals surface area contributed by atoms with Gasteiger partial charge in [0.05, 0.1) is 16.4 Å². The van der Waals surface area contributed by atoms with Crippen molar-refractivity contribution in [2.75, 3.05) is 10.6 Å². The van der Waals surface area contributed by atoms with Crippen LogP contribution in [0.5, 0.6) is 0 Å². The molecule has 0 spiro atoms. The van der Waals surface area contributed by atoms with Gasteiger partial charge in [0, 0.05) is 4.47 Å². The lowest BCUT2D eigenvalue weighted by Crippen LogP contribution is -2.20. The fourth-order valence-electron chi connectivity index (χ4n) is 1.49. The van der Waals surface area contributed by atoms with Crippen molar-refractivity contribution in [3.05, 3.63) is 57.5 Å². The summed E-state index contributed by atoms with van der Waals surface area (Å²) in [6, 6.07) is 7.25. The average Bonchev–Trinajstić information content (AvgIpc) is 2.36. The minimum absolute atomic E-state index is 0.0272. The zero-order valence-electron chi connectivity index (χ0n) is 9.88. The van der Waals surface area contributed by atoms with Gasteiger partial charge in [0.25, 0.3) is 0 Å². The number of benzene rings is 2. The summed E-state index contributed by atoms with van der Waals surface area (Å²) in [6.07, 6.45) is 0. The first kappa shape index (κ1) is 14.7. The first-order chi connectivity index (χ1) is 9.47. The average molecular weight is 362 g/mol. The van der Waals surface area contributed by atoms with Gasteiger partial charge in [0.2, 0.25) is 0 Å². The molecule has 2 aromatic carbocycles. The minimum Gasteiger partial charge on any atom is -0.305 e. The topological polar surface area (TPSA) is 41.1 Å². The van der Waals surface area contributed by atoms with Crippen LogP contribution in [0.25, 0.3) is 0 Å². The maximum Gasteiger partial charge on any atom is 0.323 e. The number of para-hydroxylation sites is 1. The molecule has 0 aliphatic heterocycles. The van der Waals surface area contributed by atoms with Crippen LogP contribution in [0, 0.1) is 11.6 Å². The predicted octanol–water partition coefficient (Wildman–Crippen LogP) is 5.02. The number of anilines is 2. The van der Waals surface area contributed by atoms with Crippen molar-refractivity contribution in [2.45, 2.75) is 0 Å². The smallest absolute Gasteiger partial charge is 0.305 e. The molecule has 2 amide bonds. The maximum atomic E-state index is 13.4. The summed E-state index contributed by atoms with van der Waals surface area (Å²) in [5.41, 5.74) is 0.223. The third kappa shape index (κ3) is 3.46. The molecule has 2 rings (SSSR count). The Balaban J connectivity index is 2.15. The lowest BCUT2D eigenvalue weighted by molar-refractivity contribution is 0.262. The summed E-state index contributed by atoms with van der Waals surface area (Å²) in [5.74, 6) is -1.10. The molecule has 2 N–H and O–H groups in total. The first-order valence-corrected chi connectivity index (χ1v) is 6.61. The predicted molar refractivity (Wildman–Crippen MR) is 78.2 cm³/mol. The second-order valence-electron chi connectivity index (χ2n) is 3.80. The Morgan fingerprint density at radius 1 is 1.15 bits per heavy atom. The van der Waals surface area contributed by atoms with Crippen LogP contribution in [0.2, 0.25) is 5.02 Å². The van der Waals surface area contributed by atoms with Gasteiger partial charge in [0.15, 0.2) is 0 Å². The first-order valence-electron chi connectivity index (χ1n) is 5.44. The highest BCUT2D eigenvalue weighted by atomic mass is 79.9.